The van der Waals surface area contributed by atoms with Crippen LogP contribution in [0.2, 0.25) is 0 Å². The Balaban J connectivity index is 1.40. The van der Waals surface area contributed by atoms with Crippen LogP contribution in [0, 0.1) is 0 Å². The first-order chi connectivity index (χ1) is 12.8. The lowest BCUT2D eigenvalue weighted by atomic mass is 10.2. The first kappa shape index (κ1) is 19.0. The van der Waals surface area contributed by atoms with Crippen LogP contribution in [-0.2, 0) is 0 Å². The van der Waals surface area contributed by atoms with Gasteiger partial charge in [-0.2, -0.15) is 0 Å². The molecule has 0 aromatic heterocycles. The molecule has 1 aromatic rings. The smallest absolute Gasteiger partial charge is 0.321 e. The Hall–Kier alpha value is -1.79. The predicted molar refractivity (Wildman–Crippen MR) is 105 cm³/mol. The Morgan fingerprint density at radius 1 is 1.19 bits per heavy atom. The average Bonchev–Trinajstić information content (AvgIpc) is 3.21. The monoisotopic (exact) mass is 360 g/mol. The Labute approximate surface area is 156 Å². The van der Waals surface area contributed by atoms with Crippen LogP contribution >= 0.6 is 0 Å². The van der Waals surface area contributed by atoms with Gasteiger partial charge in [0.2, 0.25) is 0 Å². The maximum atomic E-state index is 12.5. The molecule has 6 nitrogen and oxygen atoms in total. The zero-order chi connectivity index (χ0) is 18.2. The van der Waals surface area contributed by atoms with Crippen molar-refractivity contribution in [1.82, 2.24) is 15.1 Å². The molecule has 0 aliphatic carbocycles. The number of carbonyl (C=O) groups excluding carboxylic acids is 1. The summed E-state index contributed by atoms with van der Waals surface area (Å²) >= 11 is 0. The zero-order valence-electron chi connectivity index (χ0n) is 15.9. The summed E-state index contributed by atoms with van der Waals surface area (Å²) in [6, 6.07) is 8.30. The molecule has 6 heteroatoms. The van der Waals surface area contributed by atoms with Gasteiger partial charge in [0.05, 0.1) is 6.61 Å². The number of hydrogen-bond acceptors (Lipinski definition) is 4. The number of benzene rings is 1. The zero-order valence-corrected chi connectivity index (χ0v) is 15.9. The fourth-order valence-corrected chi connectivity index (χ4v) is 3.62. The normalized spacial score (nSPS) is 21.0. The van der Waals surface area contributed by atoms with Gasteiger partial charge in [0, 0.05) is 44.5 Å². The number of hydrogen-bond donors (Lipinski definition) is 2. The summed E-state index contributed by atoms with van der Waals surface area (Å²) in [5, 5.41) is 6.42. The highest BCUT2D eigenvalue weighted by Crippen LogP contribution is 2.17. The summed E-state index contributed by atoms with van der Waals surface area (Å²) in [5.41, 5.74) is 0.818. The van der Waals surface area contributed by atoms with Crippen molar-refractivity contribution in [2.45, 2.75) is 38.6 Å². The van der Waals surface area contributed by atoms with Crippen LogP contribution in [0.5, 0.6) is 5.75 Å². The van der Waals surface area contributed by atoms with Crippen molar-refractivity contribution in [2.75, 3.05) is 51.2 Å². The lowest BCUT2D eigenvalue weighted by Gasteiger charge is -2.37. The minimum absolute atomic E-state index is 0.00851. The minimum atomic E-state index is -0.00851. The molecule has 0 radical (unpaired) electrons. The third kappa shape index (κ3) is 5.35. The molecule has 2 N–H and O–H groups in total. The number of amides is 2. The molecule has 1 atom stereocenters. The topological polar surface area (TPSA) is 56.8 Å². The van der Waals surface area contributed by atoms with Crippen LogP contribution in [0.1, 0.15) is 32.6 Å². The van der Waals surface area contributed by atoms with Crippen LogP contribution < -0.4 is 15.4 Å². The minimum Gasteiger partial charge on any atom is -0.494 e. The Morgan fingerprint density at radius 3 is 2.62 bits per heavy atom. The van der Waals surface area contributed by atoms with Gasteiger partial charge in [0.25, 0.3) is 0 Å². The van der Waals surface area contributed by atoms with E-state index in [2.05, 4.69) is 22.5 Å². The van der Waals surface area contributed by atoms with E-state index in [9.17, 15) is 4.79 Å². The molecule has 3 rings (SSSR count). The van der Waals surface area contributed by atoms with Gasteiger partial charge in [-0.25, -0.2) is 4.79 Å². The maximum Gasteiger partial charge on any atom is 0.321 e. The average molecular weight is 361 g/mol. The van der Waals surface area contributed by atoms with E-state index in [0.29, 0.717) is 6.04 Å². The fourth-order valence-electron chi connectivity index (χ4n) is 3.62. The van der Waals surface area contributed by atoms with Crippen LogP contribution in [0.3, 0.4) is 0 Å². The molecule has 2 fully saturated rings. The van der Waals surface area contributed by atoms with Crippen LogP contribution in [-0.4, -0.2) is 67.7 Å². The maximum absolute atomic E-state index is 12.5. The molecule has 2 heterocycles. The first-order valence-electron chi connectivity index (χ1n) is 10.00. The molecule has 0 spiro atoms. The van der Waals surface area contributed by atoms with Gasteiger partial charge in [0.1, 0.15) is 5.75 Å². The standard InChI is InChI=1S/C20H32N4O2/c1-2-3-4-15-26-19-7-5-17(6-8-19)22-20(25)24-13-11-23(12-14-24)18-9-10-21-16-18/h5-8,18,21H,2-4,9-16H2,1H3,(H,22,25). The summed E-state index contributed by atoms with van der Waals surface area (Å²) in [5.74, 6) is 0.859. The van der Waals surface area contributed by atoms with Crippen molar-refractivity contribution < 1.29 is 9.53 Å². The van der Waals surface area contributed by atoms with Crippen molar-refractivity contribution >= 4 is 11.7 Å². The second kappa shape index (κ2) is 9.78. The summed E-state index contributed by atoms with van der Waals surface area (Å²) in [6.07, 6.45) is 4.69. The highest BCUT2D eigenvalue weighted by atomic mass is 16.5. The van der Waals surface area contributed by atoms with Crippen molar-refractivity contribution in [3.8, 4) is 5.75 Å². The summed E-state index contributed by atoms with van der Waals surface area (Å²) in [7, 11) is 0. The molecule has 2 aliphatic rings. The van der Waals surface area contributed by atoms with E-state index in [1.807, 2.05) is 29.2 Å². The summed E-state index contributed by atoms with van der Waals surface area (Å²) in [4.78, 5) is 16.9. The third-order valence-electron chi connectivity index (χ3n) is 5.27. The number of rotatable bonds is 7. The highest BCUT2D eigenvalue weighted by molar-refractivity contribution is 5.89. The van der Waals surface area contributed by atoms with Gasteiger partial charge in [-0.05, 0) is 43.7 Å². The van der Waals surface area contributed by atoms with Gasteiger partial charge in [-0.3, -0.25) is 4.90 Å². The molecular formula is C20H32N4O2. The number of anilines is 1. The summed E-state index contributed by atoms with van der Waals surface area (Å²) < 4.78 is 5.71. The van der Waals surface area contributed by atoms with Crippen molar-refractivity contribution in [3.63, 3.8) is 0 Å². The second-order valence-electron chi connectivity index (χ2n) is 7.18. The lowest BCUT2D eigenvalue weighted by Crippen LogP contribution is -2.53. The number of piperazine rings is 1. The molecule has 0 saturated carbocycles. The Morgan fingerprint density at radius 2 is 1.96 bits per heavy atom. The van der Waals surface area contributed by atoms with Gasteiger partial charge in [-0.1, -0.05) is 19.8 Å². The van der Waals surface area contributed by atoms with Gasteiger partial charge < -0.3 is 20.3 Å². The lowest BCUT2D eigenvalue weighted by molar-refractivity contribution is 0.119. The van der Waals surface area contributed by atoms with Crippen LogP contribution in [0.25, 0.3) is 0 Å². The van der Waals surface area contributed by atoms with Crippen molar-refractivity contribution in [1.29, 1.82) is 0 Å². The molecule has 1 aromatic carbocycles. The largest absolute Gasteiger partial charge is 0.494 e. The van der Waals surface area contributed by atoms with E-state index in [1.165, 1.54) is 19.3 Å². The Bertz CT molecular complexity index is 549. The number of carbonyl (C=O) groups is 1. The number of unbranched alkanes of at least 4 members (excludes halogenated alkanes) is 2. The van der Waals surface area contributed by atoms with Crippen LogP contribution in [0.4, 0.5) is 10.5 Å². The number of ether oxygens (including phenoxy) is 1. The molecule has 2 aliphatic heterocycles. The van der Waals surface area contributed by atoms with Crippen molar-refractivity contribution in [2.24, 2.45) is 0 Å². The number of urea groups is 1. The molecule has 0 bridgehead atoms. The molecular weight excluding hydrogens is 328 g/mol. The van der Waals surface area contributed by atoms with E-state index in [-0.39, 0.29) is 6.03 Å². The van der Waals surface area contributed by atoms with E-state index < -0.39 is 0 Å². The van der Waals surface area contributed by atoms with E-state index in [0.717, 1.165) is 63.7 Å². The van der Waals surface area contributed by atoms with E-state index in [1.54, 1.807) is 0 Å². The van der Waals surface area contributed by atoms with E-state index in [4.69, 9.17) is 4.74 Å². The first-order valence-corrected chi connectivity index (χ1v) is 10.00. The SMILES string of the molecule is CCCCCOc1ccc(NC(=O)N2CCN(C3CCNC3)CC2)cc1. The summed E-state index contributed by atoms with van der Waals surface area (Å²) in [6.45, 7) is 8.64. The molecule has 2 amide bonds. The fraction of sp³-hybridized carbons (Fsp3) is 0.650. The molecule has 2 saturated heterocycles. The van der Waals surface area contributed by atoms with Crippen LogP contribution in [0.15, 0.2) is 24.3 Å². The predicted octanol–water partition coefficient (Wildman–Crippen LogP) is 2.77. The van der Waals surface area contributed by atoms with Crippen molar-refractivity contribution in [3.05, 3.63) is 24.3 Å². The quantitative estimate of drug-likeness (QED) is 0.734. The third-order valence-corrected chi connectivity index (χ3v) is 5.27. The second-order valence-corrected chi connectivity index (χ2v) is 7.18. The Kier molecular flexibility index (Phi) is 7.14. The van der Waals surface area contributed by atoms with Gasteiger partial charge in [0.15, 0.2) is 0 Å². The molecule has 144 valence electrons. The molecule has 1 unspecified atom stereocenters. The number of nitrogens with one attached hydrogen (secondary N) is 2. The number of nitrogens with zero attached hydrogens (tertiary/aromatic N) is 2. The van der Waals surface area contributed by atoms with Gasteiger partial charge in [-0.15, -0.1) is 0 Å². The molecule has 26 heavy (non-hydrogen) atoms. The van der Waals surface area contributed by atoms with E-state index >= 15 is 0 Å². The van der Waals surface area contributed by atoms with Gasteiger partial charge >= 0.3 is 6.03 Å². The highest BCUT2D eigenvalue weighted by Gasteiger charge is 2.27.